The van der Waals surface area contributed by atoms with Gasteiger partial charge in [-0.3, -0.25) is 9.59 Å². The van der Waals surface area contributed by atoms with Gasteiger partial charge in [-0.1, -0.05) is 6.92 Å². The third-order valence-electron chi connectivity index (χ3n) is 5.18. The monoisotopic (exact) mass is 374 g/mol. The lowest BCUT2D eigenvalue weighted by Gasteiger charge is -2.38. The minimum atomic E-state index is -2.08. The van der Waals surface area contributed by atoms with Gasteiger partial charge in [-0.2, -0.15) is 0 Å². The fourth-order valence-corrected chi connectivity index (χ4v) is 3.54. The molecule has 3 heterocycles. The molecule has 2 amide bonds. The third kappa shape index (κ3) is 2.86. The van der Waals surface area contributed by atoms with E-state index in [1.165, 1.54) is 29.4 Å². The molecule has 0 spiro atoms. The zero-order chi connectivity index (χ0) is 19.2. The van der Waals surface area contributed by atoms with Crippen LogP contribution in [0.2, 0.25) is 0 Å². The summed E-state index contributed by atoms with van der Waals surface area (Å²) in [6.07, 6.45) is 1.43. The second-order valence-corrected chi connectivity index (χ2v) is 6.76. The van der Waals surface area contributed by atoms with E-state index < -0.39 is 23.4 Å². The fourth-order valence-electron chi connectivity index (χ4n) is 3.54. The first-order valence-electron chi connectivity index (χ1n) is 8.73. The molecule has 27 heavy (non-hydrogen) atoms. The Morgan fingerprint density at radius 1 is 1.19 bits per heavy atom. The van der Waals surface area contributed by atoms with Crippen LogP contribution < -0.4 is 4.74 Å². The molecule has 7 nitrogen and oxygen atoms in total. The molecule has 1 aromatic carbocycles. The van der Waals surface area contributed by atoms with Crippen LogP contribution in [0.1, 0.15) is 29.0 Å². The van der Waals surface area contributed by atoms with Gasteiger partial charge in [0.05, 0.1) is 12.2 Å². The van der Waals surface area contributed by atoms with Crippen LogP contribution in [0.3, 0.4) is 0 Å². The normalized spacial score (nSPS) is 24.5. The Balaban J connectivity index is 1.45. The summed E-state index contributed by atoms with van der Waals surface area (Å²) >= 11 is 0. The molecule has 2 atom stereocenters. The molecule has 142 valence electrons. The van der Waals surface area contributed by atoms with Crippen LogP contribution in [0.15, 0.2) is 41.0 Å². The summed E-state index contributed by atoms with van der Waals surface area (Å²) in [6, 6.07) is 7.13. The lowest BCUT2D eigenvalue weighted by Crippen LogP contribution is -2.59. The number of hydrogen-bond donors (Lipinski definition) is 1. The van der Waals surface area contributed by atoms with Crippen LogP contribution >= 0.6 is 0 Å². The van der Waals surface area contributed by atoms with Gasteiger partial charge in [0, 0.05) is 31.7 Å². The maximum Gasteiger partial charge on any atom is 0.296 e. The molecule has 1 saturated heterocycles. The zero-order valence-corrected chi connectivity index (χ0v) is 14.7. The Morgan fingerprint density at radius 3 is 2.56 bits per heavy atom. The first kappa shape index (κ1) is 17.5. The summed E-state index contributed by atoms with van der Waals surface area (Å²) in [5.41, 5.74) is 0.456. The Bertz CT molecular complexity index is 876. The van der Waals surface area contributed by atoms with Crippen molar-refractivity contribution in [2.45, 2.75) is 18.6 Å². The van der Waals surface area contributed by atoms with E-state index in [9.17, 15) is 19.1 Å². The highest BCUT2D eigenvalue weighted by Crippen LogP contribution is 2.44. The fraction of sp³-hybridized carbons (Fsp3) is 0.368. The van der Waals surface area contributed by atoms with E-state index in [1.807, 2.05) is 0 Å². The Kier molecular flexibility index (Phi) is 4.15. The van der Waals surface area contributed by atoms with Crippen LogP contribution in [-0.2, 0) is 4.79 Å². The smallest absolute Gasteiger partial charge is 0.296 e. The summed E-state index contributed by atoms with van der Waals surface area (Å²) in [5, 5.41) is 10.9. The average molecular weight is 374 g/mol. The molecule has 2 aliphatic heterocycles. The van der Waals surface area contributed by atoms with E-state index in [-0.39, 0.29) is 24.8 Å². The number of nitrogens with zero attached hydrogens (tertiary/aromatic N) is 2. The molecule has 2 aromatic rings. The molecule has 0 bridgehead atoms. The number of amides is 2. The number of ether oxygens (including phenoxy) is 1. The maximum absolute atomic E-state index is 13.5. The summed E-state index contributed by atoms with van der Waals surface area (Å²) in [7, 11) is 0. The summed E-state index contributed by atoms with van der Waals surface area (Å²) < 4.78 is 24.1. The largest absolute Gasteiger partial charge is 0.459 e. The van der Waals surface area contributed by atoms with Gasteiger partial charge in [0.25, 0.3) is 17.6 Å². The number of carbonyl (C=O) groups excluding carboxylic acids is 2. The molecule has 8 heteroatoms. The van der Waals surface area contributed by atoms with E-state index in [0.717, 1.165) is 0 Å². The summed E-state index contributed by atoms with van der Waals surface area (Å²) in [6.45, 7) is 2.78. The van der Waals surface area contributed by atoms with Crippen LogP contribution in [0, 0.1) is 5.82 Å². The Hall–Kier alpha value is -2.87. The molecule has 2 unspecified atom stereocenters. The first-order valence-corrected chi connectivity index (χ1v) is 8.73. The van der Waals surface area contributed by atoms with Gasteiger partial charge in [0.2, 0.25) is 0 Å². The topological polar surface area (TPSA) is 83.2 Å². The van der Waals surface area contributed by atoms with E-state index in [0.29, 0.717) is 24.4 Å². The highest BCUT2D eigenvalue weighted by Gasteiger charge is 2.53. The molecular formula is C19H19FN2O5. The number of halogens is 1. The van der Waals surface area contributed by atoms with Crippen molar-refractivity contribution < 1.29 is 28.2 Å². The number of carbonyl (C=O) groups is 2. The van der Waals surface area contributed by atoms with Crippen molar-refractivity contribution in [3.63, 3.8) is 0 Å². The average Bonchev–Trinajstić information content (AvgIpc) is 3.30. The van der Waals surface area contributed by atoms with E-state index >= 15 is 0 Å². The highest BCUT2D eigenvalue weighted by molar-refractivity contribution is 5.92. The molecule has 2 aliphatic rings. The molecule has 1 aromatic heterocycles. The SMILES string of the molecule is CC1c2cc(F)ccc2OC1(O)C(=O)N1CCN(C(=O)c2ccco2)CC1. The molecule has 4 rings (SSSR count). The molecule has 1 N–H and O–H groups in total. The molecule has 0 saturated carbocycles. The molecule has 1 fully saturated rings. The third-order valence-corrected chi connectivity index (χ3v) is 5.18. The number of piperazine rings is 1. The van der Waals surface area contributed by atoms with Gasteiger partial charge < -0.3 is 24.1 Å². The van der Waals surface area contributed by atoms with Crippen LogP contribution in [-0.4, -0.2) is 58.7 Å². The number of aliphatic hydroxyl groups is 1. The summed E-state index contributed by atoms with van der Waals surface area (Å²) in [5.74, 6) is -3.52. The van der Waals surface area contributed by atoms with Gasteiger partial charge in [-0.15, -0.1) is 0 Å². The minimum absolute atomic E-state index is 0.237. The second kappa shape index (κ2) is 6.38. The lowest BCUT2D eigenvalue weighted by atomic mass is 9.93. The van der Waals surface area contributed by atoms with Crippen LogP contribution in [0.5, 0.6) is 5.75 Å². The van der Waals surface area contributed by atoms with Crippen molar-refractivity contribution in [1.82, 2.24) is 9.80 Å². The van der Waals surface area contributed by atoms with Crippen LogP contribution in [0.25, 0.3) is 0 Å². The Labute approximate surface area is 154 Å². The van der Waals surface area contributed by atoms with Crippen molar-refractivity contribution in [2.75, 3.05) is 26.2 Å². The standard InChI is InChI=1S/C19H19FN2O5/c1-12-14-11-13(20)4-5-15(14)27-19(12,25)18(24)22-8-6-21(7-9-22)17(23)16-3-2-10-26-16/h2-5,10-12,25H,6-9H2,1H3. The summed E-state index contributed by atoms with van der Waals surface area (Å²) in [4.78, 5) is 28.3. The Morgan fingerprint density at radius 2 is 1.89 bits per heavy atom. The van der Waals surface area contributed by atoms with Crippen molar-refractivity contribution in [2.24, 2.45) is 0 Å². The van der Waals surface area contributed by atoms with E-state index in [4.69, 9.17) is 9.15 Å². The quantitative estimate of drug-likeness (QED) is 0.863. The van der Waals surface area contributed by atoms with Crippen molar-refractivity contribution in [1.29, 1.82) is 0 Å². The molecule has 0 aliphatic carbocycles. The number of fused-ring (bicyclic) bond motifs is 1. The van der Waals surface area contributed by atoms with Gasteiger partial charge >= 0.3 is 0 Å². The number of furan rings is 1. The van der Waals surface area contributed by atoms with Crippen molar-refractivity contribution in [3.05, 3.63) is 53.7 Å². The van der Waals surface area contributed by atoms with E-state index in [2.05, 4.69) is 0 Å². The van der Waals surface area contributed by atoms with Gasteiger partial charge in [0.1, 0.15) is 11.6 Å². The van der Waals surface area contributed by atoms with E-state index in [1.54, 1.807) is 24.0 Å². The molecule has 0 radical (unpaired) electrons. The van der Waals surface area contributed by atoms with Gasteiger partial charge in [-0.25, -0.2) is 4.39 Å². The molecular weight excluding hydrogens is 355 g/mol. The highest BCUT2D eigenvalue weighted by atomic mass is 19.1. The lowest BCUT2D eigenvalue weighted by molar-refractivity contribution is -0.187. The predicted molar refractivity (Wildman–Crippen MR) is 91.6 cm³/mol. The predicted octanol–water partition coefficient (Wildman–Crippen LogP) is 1.59. The first-order chi connectivity index (χ1) is 12.9. The number of rotatable bonds is 2. The van der Waals surface area contributed by atoms with Gasteiger partial charge in [0.15, 0.2) is 5.76 Å². The zero-order valence-electron chi connectivity index (χ0n) is 14.7. The maximum atomic E-state index is 13.5. The number of benzene rings is 1. The van der Waals surface area contributed by atoms with Gasteiger partial charge in [-0.05, 0) is 30.3 Å². The van der Waals surface area contributed by atoms with Crippen molar-refractivity contribution >= 4 is 11.8 Å². The minimum Gasteiger partial charge on any atom is -0.459 e. The number of hydrogen-bond acceptors (Lipinski definition) is 5. The second-order valence-electron chi connectivity index (χ2n) is 6.76. The van der Waals surface area contributed by atoms with Crippen molar-refractivity contribution in [3.8, 4) is 5.75 Å². The van der Waals surface area contributed by atoms with Crippen LogP contribution in [0.4, 0.5) is 4.39 Å².